The molecule has 0 saturated carbocycles. The van der Waals surface area contributed by atoms with Gasteiger partial charge in [0.25, 0.3) is 5.56 Å². The minimum Gasteiger partial charge on any atom is -0.375 e. The minimum atomic E-state index is -0.0741. The second-order valence-corrected chi connectivity index (χ2v) is 6.42. The lowest BCUT2D eigenvalue weighted by Crippen LogP contribution is -2.45. The van der Waals surface area contributed by atoms with Crippen LogP contribution in [0.2, 0.25) is 0 Å². The Morgan fingerprint density at radius 3 is 2.58 bits per heavy atom. The molecule has 0 radical (unpaired) electrons. The van der Waals surface area contributed by atoms with E-state index in [0.717, 1.165) is 31.9 Å². The number of aromatic nitrogens is 2. The Kier molecular flexibility index (Phi) is 5.15. The van der Waals surface area contributed by atoms with Crippen molar-refractivity contribution in [3.63, 3.8) is 0 Å². The fraction of sp³-hybridized carbons (Fsp3) is 0.688. The molecule has 0 atom stereocenters. The summed E-state index contributed by atoms with van der Waals surface area (Å²) < 4.78 is 4.92. The number of nitrogens with one attached hydrogen (secondary N) is 1. The first-order valence-corrected chi connectivity index (χ1v) is 8.40. The van der Waals surface area contributed by atoms with E-state index in [9.17, 15) is 9.59 Å². The van der Waals surface area contributed by atoms with Gasteiger partial charge in [0.15, 0.2) is 0 Å². The molecule has 1 fully saturated rings. The van der Waals surface area contributed by atoms with Gasteiger partial charge in [0.2, 0.25) is 11.9 Å². The van der Waals surface area contributed by atoms with Crippen LogP contribution in [0.4, 0.5) is 5.95 Å². The topological polar surface area (TPSA) is 81.8 Å². The number of amides is 1. The van der Waals surface area contributed by atoms with Crippen molar-refractivity contribution in [2.45, 2.75) is 12.8 Å². The van der Waals surface area contributed by atoms with Crippen LogP contribution in [0.25, 0.3) is 0 Å². The molecule has 1 N–H and O–H groups in total. The molecule has 1 aromatic rings. The molecule has 132 valence electrons. The van der Waals surface area contributed by atoms with E-state index >= 15 is 0 Å². The SMILES string of the molecule is COCC(=O)N1CCc2nc(N3CCN(C)CC3)[nH]c(=O)c2CC1. The van der Waals surface area contributed by atoms with Crippen molar-refractivity contribution in [2.24, 2.45) is 0 Å². The molecule has 0 spiro atoms. The molecule has 0 aromatic carbocycles. The molecule has 1 aromatic heterocycles. The molecule has 1 saturated heterocycles. The predicted octanol–water partition coefficient (Wildman–Crippen LogP) is -0.905. The summed E-state index contributed by atoms with van der Waals surface area (Å²) in [6.45, 7) is 4.82. The highest BCUT2D eigenvalue weighted by Crippen LogP contribution is 2.15. The highest BCUT2D eigenvalue weighted by atomic mass is 16.5. The number of hydrogen-bond donors (Lipinski definition) is 1. The second kappa shape index (κ2) is 7.31. The van der Waals surface area contributed by atoms with E-state index in [1.807, 2.05) is 0 Å². The summed E-state index contributed by atoms with van der Waals surface area (Å²) in [5.41, 5.74) is 1.45. The van der Waals surface area contributed by atoms with E-state index in [1.165, 1.54) is 7.11 Å². The van der Waals surface area contributed by atoms with Gasteiger partial charge in [0, 0.05) is 58.4 Å². The lowest BCUT2D eigenvalue weighted by molar-refractivity contribution is -0.135. The van der Waals surface area contributed by atoms with Crippen molar-refractivity contribution < 1.29 is 9.53 Å². The molecule has 8 nitrogen and oxygen atoms in total. The number of methoxy groups -OCH3 is 1. The predicted molar refractivity (Wildman–Crippen MR) is 90.4 cm³/mol. The van der Waals surface area contributed by atoms with E-state index in [0.29, 0.717) is 37.4 Å². The summed E-state index contributed by atoms with van der Waals surface area (Å²) in [7, 11) is 3.61. The van der Waals surface area contributed by atoms with Crippen LogP contribution in [0.3, 0.4) is 0 Å². The first-order valence-electron chi connectivity index (χ1n) is 8.40. The van der Waals surface area contributed by atoms with Gasteiger partial charge < -0.3 is 19.4 Å². The first-order chi connectivity index (χ1) is 11.6. The van der Waals surface area contributed by atoms with Crippen LogP contribution in [-0.2, 0) is 22.4 Å². The number of carbonyl (C=O) groups is 1. The van der Waals surface area contributed by atoms with E-state index in [2.05, 4.69) is 21.8 Å². The van der Waals surface area contributed by atoms with E-state index < -0.39 is 0 Å². The average Bonchev–Trinajstić information content (AvgIpc) is 2.79. The van der Waals surface area contributed by atoms with Crippen LogP contribution in [0.1, 0.15) is 11.3 Å². The average molecular weight is 335 g/mol. The van der Waals surface area contributed by atoms with E-state index in [4.69, 9.17) is 9.72 Å². The maximum absolute atomic E-state index is 12.5. The standard InChI is InChI=1S/C16H25N5O3/c1-19-7-9-21(10-8-19)16-17-13-4-6-20(14(22)11-24-2)5-3-12(13)15(23)18-16/h3-11H2,1-2H3,(H,17,18,23). The number of rotatable bonds is 3. The monoisotopic (exact) mass is 335 g/mol. The maximum atomic E-state index is 12.5. The highest BCUT2D eigenvalue weighted by Gasteiger charge is 2.23. The highest BCUT2D eigenvalue weighted by molar-refractivity contribution is 5.77. The lowest BCUT2D eigenvalue weighted by atomic mass is 10.1. The Labute approximate surface area is 141 Å². The number of piperazine rings is 1. The third-order valence-electron chi connectivity index (χ3n) is 4.76. The quantitative estimate of drug-likeness (QED) is 0.771. The summed E-state index contributed by atoms with van der Waals surface area (Å²) in [5.74, 6) is 0.615. The summed E-state index contributed by atoms with van der Waals surface area (Å²) in [6, 6.07) is 0. The molecule has 2 aliphatic rings. The van der Waals surface area contributed by atoms with Crippen molar-refractivity contribution in [2.75, 3.05) is 64.9 Å². The Morgan fingerprint density at radius 1 is 1.17 bits per heavy atom. The number of likely N-dealkylation sites (N-methyl/N-ethyl adjacent to an activating group) is 1. The second-order valence-electron chi connectivity index (χ2n) is 6.42. The van der Waals surface area contributed by atoms with Gasteiger partial charge in [-0.3, -0.25) is 14.6 Å². The summed E-state index contributed by atoms with van der Waals surface area (Å²) in [5, 5.41) is 0. The Bertz CT molecular complexity index is 652. The summed E-state index contributed by atoms with van der Waals surface area (Å²) in [6.07, 6.45) is 1.14. The molecule has 3 rings (SSSR count). The zero-order valence-corrected chi connectivity index (χ0v) is 14.4. The van der Waals surface area contributed by atoms with Crippen molar-refractivity contribution in [1.82, 2.24) is 19.8 Å². The van der Waals surface area contributed by atoms with E-state index in [-0.39, 0.29) is 18.1 Å². The van der Waals surface area contributed by atoms with Crippen molar-refractivity contribution in [3.05, 3.63) is 21.6 Å². The number of fused-ring (bicyclic) bond motifs is 1. The molecular formula is C16H25N5O3. The summed E-state index contributed by atoms with van der Waals surface area (Å²) in [4.78, 5) is 38.3. The van der Waals surface area contributed by atoms with Crippen LogP contribution in [-0.4, -0.2) is 85.7 Å². The van der Waals surface area contributed by atoms with Gasteiger partial charge in [-0.2, -0.15) is 0 Å². The smallest absolute Gasteiger partial charge is 0.255 e. The fourth-order valence-corrected chi connectivity index (χ4v) is 3.23. The number of ether oxygens (including phenoxy) is 1. The van der Waals surface area contributed by atoms with Gasteiger partial charge in [-0.05, 0) is 13.5 Å². The Morgan fingerprint density at radius 2 is 1.88 bits per heavy atom. The number of carbonyl (C=O) groups excluding carboxylic acids is 1. The third kappa shape index (κ3) is 3.59. The fourth-order valence-electron chi connectivity index (χ4n) is 3.23. The molecule has 0 unspecified atom stereocenters. The van der Waals surface area contributed by atoms with Crippen LogP contribution in [0.15, 0.2) is 4.79 Å². The Balaban J connectivity index is 1.77. The molecule has 0 bridgehead atoms. The largest absolute Gasteiger partial charge is 0.375 e. The van der Waals surface area contributed by atoms with Crippen LogP contribution < -0.4 is 10.5 Å². The molecular weight excluding hydrogens is 310 g/mol. The number of hydrogen-bond acceptors (Lipinski definition) is 6. The van der Waals surface area contributed by atoms with Gasteiger partial charge in [-0.25, -0.2) is 4.98 Å². The Hall–Kier alpha value is -1.93. The van der Waals surface area contributed by atoms with Gasteiger partial charge in [0.1, 0.15) is 6.61 Å². The zero-order valence-electron chi connectivity index (χ0n) is 14.4. The third-order valence-corrected chi connectivity index (χ3v) is 4.76. The number of nitrogens with zero attached hydrogens (tertiary/aromatic N) is 4. The van der Waals surface area contributed by atoms with Crippen LogP contribution in [0, 0.1) is 0 Å². The molecule has 8 heteroatoms. The van der Waals surface area contributed by atoms with Crippen LogP contribution >= 0.6 is 0 Å². The molecule has 0 aliphatic carbocycles. The summed E-state index contributed by atoms with van der Waals surface area (Å²) >= 11 is 0. The maximum Gasteiger partial charge on any atom is 0.255 e. The number of anilines is 1. The normalized spacial score (nSPS) is 19.1. The van der Waals surface area contributed by atoms with E-state index in [1.54, 1.807) is 4.90 Å². The van der Waals surface area contributed by atoms with Crippen molar-refractivity contribution in [3.8, 4) is 0 Å². The zero-order chi connectivity index (χ0) is 17.1. The van der Waals surface area contributed by atoms with Crippen molar-refractivity contribution >= 4 is 11.9 Å². The van der Waals surface area contributed by atoms with Gasteiger partial charge in [0.05, 0.1) is 5.69 Å². The molecule has 24 heavy (non-hydrogen) atoms. The molecule has 3 heterocycles. The van der Waals surface area contributed by atoms with Crippen molar-refractivity contribution in [1.29, 1.82) is 0 Å². The van der Waals surface area contributed by atoms with Gasteiger partial charge in [-0.1, -0.05) is 0 Å². The van der Waals surface area contributed by atoms with Gasteiger partial charge >= 0.3 is 0 Å². The van der Waals surface area contributed by atoms with Gasteiger partial charge in [-0.15, -0.1) is 0 Å². The minimum absolute atomic E-state index is 0.0407. The molecule has 1 amide bonds. The number of H-pyrrole nitrogens is 1. The first kappa shape index (κ1) is 16.9. The molecule has 2 aliphatic heterocycles. The number of aromatic amines is 1. The van der Waals surface area contributed by atoms with Crippen LogP contribution in [0.5, 0.6) is 0 Å². The lowest BCUT2D eigenvalue weighted by Gasteiger charge is -2.32.